The first kappa shape index (κ1) is 21.5. The number of nitrogens with one attached hydrogen (secondary N) is 2. The Bertz CT molecular complexity index is 697. The van der Waals surface area contributed by atoms with Crippen molar-refractivity contribution in [1.82, 2.24) is 10.6 Å². The van der Waals surface area contributed by atoms with E-state index in [1.807, 2.05) is 24.3 Å². The summed E-state index contributed by atoms with van der Waals surface area (Å²) in [7, 11) is 0. The van der Waals surface area contributed by atoms with Crippen LogP contribution < -0.4 is 15.4 Å². The van der Waals surface area contributed by atoms with Crippen LogP contribution in [-0.4, -0.2) is 25.4 Å². The lowest BCUT2D eigenvalue weighted by atomic mass is 9.92. The molecule has 0 amide bonds. The molecule has 2 aromatic rings. The second-order valence-electron chi connectivity index (χ2n) is 6.48. The molecule has 1 saturated heterocycles. The Kier molecular flexibility index (Phi) is 7.95. The molecule has 0 unspecified atom stereocenters. The van der Waals surface area contributed by atoms with E-state index in [0.29, 0.717) is 6.54 Å². The Hall–Kier alpha value is -1.76. The van der Waals surface area contributed by atoms with Gasteiger partial charge in [0.2, 0.25) is 0 Å². The number of hydrogen-bond donors (Lipinski definition) is 2. The molecule has 7 heteroatoms. The van der Waals surface area contributed by atoms with Crippen LogP contribution in [0.4, 0.5) is 13.2 Å². The van der Waals surface area contributed by atoms with E-state index in [2.05, 4.69) is 22.8 Å². The Balaban J connectivity index is 0.00000261. The highest BCUT2D eigenvalue weighted by Gasteiger charge is 2.29. The van der Waals surface area contributed by atoms with Crippen LogP contribution in [-0.2, 0) is 6.54 Å². The van der Waals surface area contributed by atoms with Crippen LogP contribution in [0.15, 0.2) is 54.6 Å². The molecule has 3 rings (SSSR count). The number of ether oxygens (including phenoxy) is 1. The summed E-state index contributed by atoms with van der Waals surface area (Å²) >= 11 is 0. The third kappa shape index (κ3) is 6.41. The van der Waals surface area contributed by atoms with E-state index >= 15 is 0 Å². The summed E-state index contributed by atoms with van der Waals surface area (Å²) in [5, 5.41) is 7.04. The number of rotatable bonds is 6. The van der Waals surface area contributed by atoms with Crippen LogP contribution in [0.25, 0.3) is 0 Å². The standard InChI is InChI=1S/C20H23F3N2O.ClH/c21-20(22,23)14-26-18-11-5-4-9-16(18)13-25-17-10-6-12-24-19(17)15-7-2-1-3-8-15;/h1-5,7-9,11,17,19,24-25H,6,10,12-14H2;1H/t17-,19-;/m0./s1. The highest BCUT2D eigenvalue weighted by Crippen LogP contribution is 2.26. The van der Waals surface area contributed by atoms with Gasteiger partial charge in [-0.2, -0.15) is 13.2 Å². The minimum atomic E-state index is -4.34. The van der Waals surface area contributed by atoms with Gasteiger partial charge in [-0.15, -0.1) is 12.4 Å². The summed E-state index contributed by atoms with van der Waals surface area (Å²) in [6.07, 6.45) is -2.27. The third-order valence-corrected chi connectivity index (χ3v) is 4.54. The van der Waals surface area contributed by atoms with Gasteiger partial charge in [-0.3, -0.25) is 0 Å². The average Bonchev–Trinajstić information content (AvgIpc) is 2.66. The van der Waals surface area contributed by atoms with Crippen LogP contribution in [0.2, 0.25) is 0 Å². The van der Waals surface area contributed by atoms with Crippen molar-refractivity contribution in [2.45, 2.75) is 37.6 Å². The van der Waals surface area contributed by atoms with Gasteiger partial charge < -0.3 is 15.4 Å². The van der Waals surface area contributed by atoms with Crippen LogP contribution in [0, 0.1) is 0 Å². The van der Waals surface area contributed by atoms with E-state index in [0.717, 1.165) is 24.9 Å². The fraction of sp³-hybridized carbons (Fsp3) is 0.400. The molecule has 27 heavy (non-hydrogen) atoms. The summed E-state index contributed by atoms with van der Waals surface area (Å²) in [5.74, 6) is 0.275. The Morgan fingerprint density at radius 3 is 2.48 bits per heavy atom. The molecule has 2 atom stereocenters. The summed E-state index contributed by atoms with van der Waals surface area (Å²) in [4.78, 5) is 0. The lowest BCUT2D eigenvalue weighted by molar-refractivity contribution is -0.153. The zero-order valence-electron chi connectivity index (χ0n) is 14.8. The number of halogens is 4. The smallest absolute Gasteiger partial charge is 0.422 e. The van der Waals surface area contributed by atoms with Gasteiger partial charge in [0.05, 0.1) is 0 Å². The van der Waals surface area contributed by atoms with Gasteiger partial charge in [0.25, 0.3) is 0 Å². The van der Waals surface area contributed by atoms with E-state index in [-0.39, 0.29) is 30.2 Å². The third-order valence-electron chi connectivity index (χ3n) is 4.54. The predicted octanol–water partition coefficient (Wildman–Crippen LogP) is 4.63. The fourth-order valence-corrected chi connectivity index (χ4v) is 3.31. The molecule has 1 aliphatic heterocycles. The number of piperidine rings is 1. The topological polar surface area (TPSA) is 33.3 Å². The van der Waals surface area contributed by atoms with Gasteiger partial charge in [-0.25, -0.2) is 0 Å². The average molecular weight is 401 g/mol. The van der Waals surface area contributed by atoms with Gasteiger partial charge >= 0.3 is 6.18 Å². The predicted molar refractivity (Wildman–Crippen MR) is 102 cm³/mol. The fourth-order valence-electron chi connectivity index (χ4n) is 3.31. The molecule has 0 aromatic heterocycles. The number of hydrogen-bond acceptors (Lipinski definition) is 3. The van der Waals surface area contributed by atoms with Gasteiger partial charge in [-0.05, 0) is 31.0 Å². The molecule has 0 spiro atoms. The van der Waals surface area contributed by atoms with Crippen LogP contribution in [0.1, 0.15) is 30.0 Å². The summed E-state index contributed by atoms with van der Waals surface area (Å²) in [5.41, 5.74) is 1.94. The van der Waals surface area contributed by atoms with Crippen molar-refractivity contribution >= 4 is 12.4 Å². The minimum Gasteiger partial charge on any atom is -0.484 e. The monoisotopic (exact) mass is 400 g/mol. The maximum Gasteiger partial charge on any atom is 0.422 e. The molecule has 1 aliphatic rings. The van der Waals surface area contributed by atoms with Gasteiger partial charge in [0.1, 0.15) is 5.75 Å². The molecule has 148 valence electrons. The summed E-state index contributed by atoms with van der Waals surface area (Å²) in [6.45, 7) is 0.147. The lowest BCUT2D eigenvalue weighted by Crippen LogP contribution is -2.45. The van der Waals surface area contributed by atoms with Crippen molar-refractivity contribution in [1.29, 1.82) is 0 Å². The van der Waals surface area contributed by atoms with E-state index < -0.39 is 12.8 Å². The highest BCUT2D eigenvalue weighted by molar-refractivity contribution is 5.85. The Morgan fingerprint density at radius 1 is 1.04 bits per heavy atom. The van der Waals surface area contributed by atoms with Crippen molar-refractivity contribution in [2.75, 3.05) is 13.2 Å². The summed E-state index contributed by atoms with van der Waals surface area (Å²) in [6, 6.07) is 17.5. The highest BCUT2D eigenvalue weighted by atomic mass is 35.5. The Labute approximate surface area is 163 Å². The molecule has 1 fully saturated rings. The van der Waals surface area contributed by atoms with E-state index in [1.54, 1.807) is 18.2 Å². The molecule has 0 radical (unpaired) electrons. The van der Waals surface area contributed by atoms with E-state index in [9.17, 15) is 13.2 Å². The number of benzene rings is 2. The first-order valence-corrected chi connectivity index (χ1v) is 8.82. The first-order valence-electron chi connectivity index (χ1n) is 8.82. The largest absolute Gasteiger partial charge is 0.484 e. The van der Waals surface area contributed by atoms with Crippen LogP contribution >= 0.6 is 12.4 Å². The first-order chi connectivity index (χ1) is 12.5. The van der Waals surface area contributed by atoms with Crippen molar-refractivity contribution in [3.63, 3.8) is 0 Å². The Morgan fingerprint density at radius 2 is 1.74 bits per heavy atom. The normalized spacial score (nSPS) is 20.0. The van der Waals surface area contributed by atoms with Crippen molar-refractivity contribution < 1.29 is 17.9 Å². The van der Waals surface area contributed by atoms with Crippen molar-refractivity contribution in [3.8, 4) is 5.75 Å². The van der Waals surface area contributed by atoms with Crippen LogP contribution in [0.5, 0.6) is 5.75 Å². The van der Waals surface area contributed by atoms with Gasteiger partial charge in [0.15, 0.2) is 6.61 Å². The minimum absolute atomic E-state index is 0. The lowest BCUT2D eigenvalue weighted by Gasteiger charge is -2.34. The molecule has 2 N–H and O–H groups in total. The molecule has 2 aromatic carbocycles. The van der Waals surface area contributed by atoms with Crippen molar-refractivity contribution in [3.05, 3.63) is 65.7 Å². The number of alkyl halides is 3. The molecule has 0 saturated carbocycles. The maximum atomic E-state index is 12.4. The quantitative estimate of drug-likeness (QED) is 0.741. The maximum absolute atomic E-state index is 12.4. The van der Waals surface area contributed by atoms with Gasteiger partial charge in [0, 0.05) is 24.2 Å². The van der Waals surface area contributed by atoms with Crippen LogP contribution in [0.3, 0.4) is 0 Å². The summed E-state index contributed by atoms with van der Waals surface area (Å²) < 4.78 is 42.3. The van der Waals surface area contributed by atoms with E-state index in [1.165, 1.54) is 5.56 Å². The zero-order valence-corrected chi connectivity index (χ0v) is 15.7. The van der Waals surface area contributed by atoms with Crippen molar-refractivity contribution in [2.24, 2.45) is 0 Å². The van der Waals surface area contributed by atoms with E-state index in [4.69, 9.17) is 4.74 Å². The molecule has 3 nitrogen and oxygen atoms in total. The second-order valence-corrected chi connectivity index (χ2v) is 6.48. The zero-order chi connectivity index (χ0) is 18.4. The molecule has 0 aliphatic carbocycles. The SMILES string of the molecule is Cl.FC(F)(F)COc1ccccc1CN[C@H]1CCCN[C@H]1c1ccccc1. The second kappa shape index (κ2) is 9.97. The number of para-hydroxylation sites is 1. The molecular weight excluding hydrogens is 377 g/mol. The molecule has 0 bridgehead atoms. The van der Waals surface area contributed by atoms with Gasteiger partial charge in [-0.1, -0.05) is 48.5 Å². The molecular formula is C20H24ClF3N2O. The molecule has 1 heterocycles.